The number of rotatable bonds is 4. The molecule has 1 aromatic rings. The lowest BCUT2D eigenvalue weighted by molar-refractivity contribution is -0.130. The topological polar surface area (TPSA) is 52.7 Å². The molecule has 1 atom stereocenters. The van der Waals surface area contributed by atoms with Crippen LogP contribution in [-0.2, 0) is 4.79 Å². The molecule has 0 aromatic carbocycles. The summed E-state index contributed by atoms with van der Waals surface area (Å²) in [5, 5.41) is 7.20. The number of carbonyl (C=O) groups is 2. The van der Waals surface area contributed by atoms with E-state index in [1.54, 1.807) is 11.3 Å². The molecule has 3 rings (SSSR count). The van der Waals surface area contributed by atoms with Crippen LogP contribution in [0.4, 0.5) is 4.79 Å². The van der Waals surface area contributed by atoms with Crippen LogP contribution in [-0.4, -0.2) is 47.9 Å². The number of amides is 3. The van der Waals surface area contributed by atoms with Crippen molar-refractivity contribution in [2.24, 2.45) is 0 Å². The standard InChI is InChI=1S/C17H25N3O2S/c21-16-6-2-1-3-9-19(16)11-8-18-17(22)20-10-4-5-15(20)14-7-12-23-13-14/h7,12-13,15H,1-6,8-11H2,(H,18,22)/t15-/m1/s1. The Kier molecular flexibility index (Phi) is 5.54. The Bertz CT molecular complexity index is 532. The fourth-order valence-corrected chi connectivity index (χ4v) is 4.20. The van der Waals surface area contributed by atoms with Crippen LogP contribution in [0.25, 0.3) is 0 Å². The fraction of sp³-hybridized carbons (Fsp3) is 0.647. The maximum atomic E-state index is 12.5. The van der Waals surface area contributed by atoms with E-state index in [1.165, 1.54) is 5.56 Å². The van der Waals surface area contributed by atoms with Gasteiger partial charge in [0.15, 0.2) is 0 Å². The maximum Gasteiger partial charge on any atom is 0.317 e. The minimum Gasteiger partial charge on any atom is -0.341 e. The molecule has 2 saturated heterocycles. The Morgan fingerprint density at radius 2 is 2.17 bits per heavy atom. The zero-order chi connectivity index (χ0) is 16.1. The molecule has 0 bridgehead atoms. The van der Waals surface area contributed by atoms with E-state index >= 15 is 0 Å². The largest absolute Gasteiger partial charge is 0.341 e. The summed E-state index contributed by atoms with van der Waals surface area (Å²) in [5.41, 5.74) is 1.24. The third kappa shape index (κ3) is 4.05. The minimum atomic E-state index is 0.000899. The lowest BCUT2D eigenvalue weighted by atomic mass is 10.1. The van der Waals surface area contributed by atoms with Crippen LogP contribution in [0.1, 0.15) is 50.1 Å². The van der Waals surface area contributed by atoms with E-state index in [1.807, 2.05) is 9.80 Å². The summed E-state index contributed by atoms with van der Waals surface area (Å²) in [5.74, 6) is 0.231. The Morgan fingerprint density at radius 3 is 3.00 bits per heavy atom. The van der Waals surface area contributed by atoms with Crippen LogP contribution >= 0.6 is 11.3 Å². The molecule has 1 aromatic heterocycles. The van der Waals surface area contributed by atoms with Crippen LogP contribution in [0.3, 0.4) is 0 Å². The molecule has 3 heterocycles. The number of nitrogens with one attached hydrogen (secondary N) is 1. The quantitative estimate of drug-likeness (QED) is 0.919. The second kappa shape index (κ2) is 7.81. The molecular formula is C17H25N3O2S. The third-order valence-electron chi connectivity index (χ3n) is 4.77. The van der Waals surface area contributed by atoms with Crippen LogP contribution in [0.2, 0.25) is 0 Å². The van der Waals surface area contributed by atoms with Gasteiger partial charge < -0.3 is 15.1 Å². The Labute approximate surface area is 141 Å². The van der Waals surface area contributed by atoms with Gasteiger partial charge in [0.25, 0.3) is 0 Å². The molecule has 6 heteroatoms. The van der Waals surface area contributed by atoms with Gasteiger partial charge in [0.1, 0.15) is 0 Å². The molecule has 1 N–H and O–H groups in total. The van der Waals surface area contributed by atoms with Gasteiger partial charge in [0.2, 0.25) is 5.91 Å². The molecule has 126 valence electrons. The van der Waals surface area contributed by atoms with Gasteiger partial charge in [-0.15, -0.1) is 0 Å². The highest BCUT2D eigenvalue weighted by Crippen LogP contribution is 2.32. The number of hydrogen-bond donors (Lipinski definition) is 1. The average Bonchev–Trinajstić information content (AvgIpc) is 3.19. The van der Waals surface area contributed by atoms with Crippen molar-refractivity contribution in [2.45, 2.75) is 44.6 Å². The summed E-state index contributed by atoms with van der Waals surface area (Å²) in [6.07, 6.45) is 5.95. The lowest BCUT2D eigenvalue weighted by Crippen LogP contribution is -2.43. The van der Waals surface area contributed by atoms with Gasteiger partial charge in [-0.05, 0) is 48.1 Å². The van der Waals surface area contributed by atoms with Crippen molar-refractivity contribution in [3.05, 3.63) is 22.4 Å². The molecule has 0 radical (unpaired) electrons. The van der Waals surface area contributed by atoms with Crippen molar-refractivity contribution in [3.8, 4) is 0 Å². The Hall–Kier alpha value is -1.56. The highest BCUT2D eigenvalue weighted by atomic mass is 32.1. The monoisotopic (exact) mass is 335 g/mol. The molecule has 2 fully saturated rings. The van der Waals surface area contributed by atoms with Gasteiger partial charge >= 0.3 is 6.03 Å². The number of likely N-dealkylation sites (tertiary alicyclic amines) is 2. The Morgan fingerprint density at radius 1 is 1.26 bits per heavy atom. The van der Waals surface area contributed by atoms with Gasteiger partial charge in [0, 0.05) is 32.6 Å². The average molecular weight is 335 g/mol. The van der Waals surface area contributed by atoms with Crippen LogP contribution in [0.15, 0.2) is 16.8 Å². The minimum absolute atomic E-state index is 0.000899. The van der Waals surface area contributed by atoms with Crippen molar-refractivity contribution in [2.75, 3.05) is 26.2 Å². The SMILES string of the molecule is O=C1CCCCCN1CCNC(=O)N1CCC[C@@H]1c1ccsc1. The van der Waals surface area contributed by atoms with Crippen LogP contribution in [0, 0.1) is 0 Å². The van der Waals surface area contributed by atoms with E-state index in [4.69, 9.17) is 0 Å². The predicted molar refractivity (Wildman–Crippen MR) is 91.4 cm³/mol. The molecule has 2 aliphatic rings. The summed E-state index contributed by atoms with van der Waals surface area (Å²) < 4.78 is 0. The van der Waals surface area contributed by atoms with Crippen LogP contribution in [0.5, 0.6) is 0 Å². The first-order chi connectivity index (χ1) is 11.3. The van der Waals surface area contributed by atoms with E-state index < -0.39 is 0 Å². The summed E-state index contributed by atoms with van der Waals surface area (Å²) >= 11 is 1.68. The molecular weight excluding hydrogens is 310 g/mol. The molecule has 2 aliphatic heterocycles. The van der Waals surface area contributed by atoms with E-state index in [0.29, 0.717) is 19.5 Å². The number of carbonyl (C=O) groups excluding carboxylic acids is 2. The highest BCUT2D eigenvalue weighted by molar-refractivity contribution is 7.07. The normalized spacial score (nSPS) is 22.3. The van der Waals surface area contributed by atoms with Crippen LogP contribution < -0.4 is 5.32 Å². The van der Waals surface area contributed by atoms with Gasteiger partial charge in [0.05, 0.1) is 6.04 Å². The van der Waals surface area contributed by atoms with E-state index in [0.717, 1.165) is 45.2 Å². The molecule has 0 unspecified atom stereocenters. The van der Waals surface area contributed by atoms with Crippen molar-refractivity contribution in [1.82, 2.24) is 15.1 Å². The van der Waals surface area contributed by atoms with Gasteiger partial charge in [-0.25, -0.2) is 4.79 Å². The van der Waals surface area contributed by atoms with Crippen molar-refractivity contribution >= 4 is 23.3 Å². The lowest BCUT2D eigenvalue weighted by Gasteiger charge is -2.26. The van der Waals surface area contributed by atoms with E-state index in [9.17, 15) is 9.59 Å². The Balaban J connectivity index is 1.48. The zero-order valence-electron chi connectivity index (χ0n) is 13.5. The zero-order valence-corrected chi connectivity index (χ0v) is 14.3. The predicted octanol–water partition coefficient (Wildman–Crippen LogP) is 3.00. The number of thiophene rings is 1. The molecule has 0 saturated carbocycles. The molecule has 0 spiro atoms. The fourth-order valence-electron chi connectivity index (χ4n) is 3.50. The number of nitrogens with zero attached hydrogens (tertiary/aromatic N) is 2. The molecule has 5 nitrogen and oxygen atoms in total. The van der Waals surface area contributed by atoms with Crippen molar-refractivity contribution in [3.63, 3.8) is 0 Å². The van der Waals surface area contributed by atoms with Crippen molar-refractivity contribution < 1.29 is 9.59 Å². The molecule has 3 amide bonds. The number of urea groups is 1. The third-order valence-corrected chi connectivity index (χ3v) is 5.47. The summed E-state index contributed by atoms with van der Waals surface area (Å²) in [6, 6.07) is 2.32. The molecule has 23 heavy (non-hydrogen) atoms. The second-order valence-electron chi connectivity index (χ2n) is 6.33. The summed E-state index contributed by atoms with van der Waals surface area (Å²) in [7, 11) is 0. The van der Waals surface area contributed by atoms with Gasteiger partial charge in [-0.3, -0.25) is 4.79 Å². The van der Waals surface area contributed by atoms with Gasteiger partial charge in [-0.1, -0.05) is 6.42 Å². The number of hydrogen-bond acceptors (Lipinski definition) is 3. The first-order valence-corrected chi connectivity index (χ1v) is 9.54. The maximum absolute atomic E-state index is 12.5. The first kappa shape index (κ1) is 16.3. The van der Waals surface area contributed by atoms with E-state index in [2.05, 4.69) is 22.1 Å². The van der Waals surface area contributed by atoms with Crippen molar-refractivity contribution in [1.29, 1.82) is 0 Å². The highest BCUT2D eigenvalue weighted by Gasteiger charge is 2.30. The summed E-state index contributed by atoms with van der Waals surface area (Å²) in [6.45, 7) is 2.81. The van der Waals surface area contributed by atoms with E-state index in [-0.39, 0.29) is 18.0 Å². The summed E-state index contributed by atoms with van der Waals surface area (Å²) in [4.78, 5) is 28.2. The molecule has 0 aliphatic carbocycles. The second-order valence-corrected chi connectivity index (χ2v) is 7.11. The smallest absolute Gasteiger partial charge is 0.317 e. The first-order valence-electron chi connectivity index (χ1n) is 8.60. The van der Waals surface area contributed by atoms with Gasteiger partial charge in [-0.2, -0.15) is 11.3 Å².